The van der Waals surface area contributed by atoms with Crippen LogP contribution in [0.25, 0.3) is 0 Å². The van der Waals surface area contributed by atoms with Crippen LogP contribution in [0, 0.1) is 11.3 Å². The molecule has 0 aromatic carbocycles. The fraction of sp³-hybridized carbons (Fsp3) is 0.583. The van der Waals surface area contributed by atoms with Crippen LogP contribution in [0.15, 0.2) is 24.3 Å². The van der Waals surface area contributed by atoms with E-state index >= 15 is 0 Å². The molecule has 14 heavy (non-hydrogen) atoms. The van der Waals surface area contributed by atoms with Crippen LogP contribution in [0.4, 0.5) is 0 Å². The quantitative estimate of drug-likeness (QED) is 0.646. The molecule has 1 aliphatic carbocycles. The Bertz CT molecular complexity index is 265. The molecule has 1 aliphatic rings. The lowest BCUT2D eigenvalue weighted by molar-refractivity contribution is -0.145. The van der Waals surface area contributed by atoms with E-state index in [2.05, 4.69) is 26.0 Å². The van der Waals surface area contributed by atoms with Crippen molar-refractivity contribution in [2.45, 2.75) is 27.2 Å². The number of carbonyl (C=O) groups is 1. The third-order valence-electron chi connectivity index (χ3n) is 2.86. The number of allylic oxidation sites excluding steroid dienone is 4. The normalized spacial score (nSPS) is 30.4. The molecule has 0 aliphatic heterocycles. The van der Waals surface area contributed by atoms with Gasteiger partial charge in [-0.3, -0.25) is 4.79 Å². The molecule has 78 valence electrons. The molecule has 2 nitrogen and oxygen atoms in total. The summed E-state index contributed by atoms with van der Waals surface area (Å²) in [6, 6.07) is 0. The zero-order valence-electron chi connectivity index (χ0n) is 9.12. The molecule has 0 aromatic heterocycles. The molecule has 0 saturated carbocycles. The molecule has 1 rings (SSSR count). The third-order valence-corrected chi connectivity index (χ3v) is 2.86. The molecular formula is C12H18O2. The van der Waals surface area contributed by atoms with Crippen LogP contribution in [-0.2, 0) is 9.53 Å². The molecule has 0 bridgehead atoms. The van der Waals surface area contributed by atoms with E-state index in [0.29, 0.717) is 18.9 Å². The van der Waals surface area contributed by atoms with Gasteiger partial charge in [0.25, 0.3) is 0 Å². The summed E-state index contributed by atoms with van der Waals surface area (Å²) in [5.41, 5.74) is -0.0823. The Balaban J connectivity index is 2.61. The number of hydrogen-bond donors (Lipinski definition) is 0. The lowest BCUT2D eigenvalue weighted by Crippen LogP contribution is -2.27. The van der Waals surface area contributed by atoms with Crippen molar-refractivity contribution >= 4 is 5.97 Å². The summed E-state index contributed by atoms with van der Waals surface area (Å²) < 4.78 is 4.96. The van der Waals surface area contributed by atoms with E-state index in [0.717, 1.165) is 0 Å². The molecule has 0 N–H and O–H groups in total. The molecule has 2 unspecified atom stereocenters. The van der Waals surface area contributed by atoms with Gasteiger partial charge in [0.2, 0.25) is 0 Å². The topological polar surface area (TPSA) is 26.3 Å². The number of esters is 1. The van der Waals surface area contributed by atoms with Crippen LogP contribution in [-0.4, -0.2) is 12.6 Å². The highest BCUT2D eigenvalue weighted by Gasteiger charge is 2.31. The van der Waals surface area contributed by atoms with E-state index in [1.165, 1.54) is 0 Å². The Morgan fingerprint density at radius 1 is 1.50 bits per heavy atom. The first-order chi connectivity index (χ1) is 6.58. The van der Waals surface area contributed by atoms with Crippen molar-refractivity contribution in [1.29, 1.82) is 0 Å². The molecule has 2 atom stereocenters. The molecule has 0 heterocycles. The van der Waals surface area contributed by atoms with E-state index in [1.807, 2.05) is 19.1 Å². The largest absolute Gasteiger partial charge is 0.466 e. The fourth-order valence-corrected chi connectivity index (χ4v) is 1.62. The second-order valence-corrected chi connectivity index (χ2v) is 4.02. The van der Waals surface area contributed by atoms with Gasteiger partial charge in [-0.15, -0.1) is 0 Å². The van der Waals surface area contributed by atoms with Gasteiger partial charge in [0.15, 0.2) is 0 Å². The zero-order valence-corrected chi connectivity index (χ0v) is 9.12. The van der Waals surface area contributed by atoms with Crippen molar-refractivity contribution in [1.82, 2.24) is 0 Å². The third kappa shape index (κ3) is 2.47. The molecule has 2 heteroatoms. The van der Waals surface area contributed by atoms with Gasteiger partial charge in [-0.2, -0.15) is 0 Å². The summed E-state index contributed by atoms with van der Waals surface area (Å²) in [6.45, 7) is 6.51. The van der Waals surface area contributed by atoms with Crippen LogP contribution in [0.1, 0.15) is 27.2 Å². The maximum absolute atomic E-state index is 11.4. The number of rotatable bonds is 3. The first-order valence-corrected chi connectivity index (χ1v) is 5.10. The predicted molar refractivity (Wildman–Crippen MR) is 56.8 cm³/mol. The van der Waals surface area contributed by atoms with Gasteiger partial charge < -0.3 is 4.74 Å². The van der Waals surface area contributed by atoms with Gasteiger partial charge in [-0.1, -0.05) is 38.2 Å². The Kier molecular flexibility index (Phi) is 3.50. The molecule has 0 fully saturated rings. The van der Waals surface area contributed by atoms with Gasteiger partial charge in [-0.05, 0) is 12.8 Å². The average Bonchev–Trinajstić information content (AvgIpc) is 2.10. The molecule has 0 spiro atoms. The highest BCUT2D eigenvalue weighted by Crippen LogP contribution is 2.36. The van der Waals surface area contributed by atoms with Gasteiger partial charge in [0.05, 0.1) is 13.0 Å². The minimum atomic E-state index is -0.109. The van der Waals surface area contributed by atoms with Crippen LogP contribution >= 0.6 is 0 Å². The number of carbonyl (C=O) groups excluding carboxylic acids is 1. The summed E-state index contributed by atoms with van der Waals surface area (Å²) >= 11 is 0. The average molecular weight is 194 g/mol. The highest BCUT2D eigenvalue weighted by atomic mass is 16.5. The second-order valence-electron chi connectivity index (χ2n) is 4.02. The van der Waals surface area contributed by atoms with E-state index in [1.54, 1.807) is 0 Å². The Morgan fingerprint density at radius 2 is 2.21 bits per heavy atom. The standard InChI is InChI=1S/C12H18O2/c1-4-14-11(13)9-12(3)8-6-5-7-10(12)2/h5-8,10H,4,9H2,1-3H3. The fourth-order valence-electron chi connectivity index (χ4n) is 1.62. The van der Waals surface area contributed by atoms with Crippen molar-refractivity contribution < 1.29 is 9.53 Å². The Hall–Kier alpha value is -1.05. The SMILES string of the molecule is CCOC(=O)CC1(C)C=CC=CC1C. The Morgan fingerprint density at radius 3 is 2.79 bits per heavy atom. The molecular weight excluding hydrogens is 176 g/mol. The Labute approximate surface area is 85.6 Å². The molecule has 0 radical (unpaired) electrons. The van der Waals surface area contributed by atoms with E-state index < -0.39 is 0 Å². The van der Waals surface area contributed by atoms with Gasteiger partial charge in [-0.25, -0.2) is 0 Å². The second kappa shape index (κ2) is 4.45. The van der Waals surface area contributed by atoms with E-state index in [9.17, 15) is 4.79 Å². The minimum Gasteiger partial charge on any atom is -0.466 e. The monoisotopic (exact) mass is 194 g/mol. The lowest BCUT2D eigenvalue weighted by atomic mass is 9.73. The molecule has 0 amide bonds. The molecule has 0 aromatic rings. The predicted octanol–water partition coefficient (Wildman–Crippen LogP) is 2.71. The van der Waals surface area contributed by atoms with Crippen molar-refractivity contribution in [3.8, 4) is 0 Å². The van der Waals surface area contributed by atoms with Crippen molar-refractivity contribution in [2.24, 2.45) is 11.3 Å². The van der Waals surface area contributed by atoms with Crippen LogP contribution in [0.3, 0.4) is 0 Å². The zero-order chi connectivity index (χ0) is 10.6. The van der Waals surface area contributed by atoms with Crippen molar-refractivity contribution in [3.05, 3.63) is 24.3 Å². The first kappa shape index (κ1) is 11.0. The van der Waals surface area contributed by atoms with Crippen LogP contribution < -0.4 is 0 Å². The summed E-state index contributed by atoms with van der Waals surface area (Å²) in [4.78, 5) is 11.4. The summed E-state index contributed by atoms with van der Waals surface area (Å²) in [7, 11) is 0. The van der Waals surface area contributed by atoms with E-state index in [-0.39, 0.29) is 11.4 Å². The highest BCUT2D eigenvalue weighted by molar-refractivity contribution is 5.70. The maximum atomic E-state index is 11.4. The van der Waals surface area contributed by atoms with Gasteiger partial charge >= 0.3 is 5.97 Å². The van der Waals surface area contributed by atoms with Crippen LogP contribution in [0.2, 0.25) is 0 Å². The molecule has 0 saturated heterocycles. The lowest BCUT2D eigenvalue weighted by Gasteiger charge is -2.31. The van der Waals surface area contributed by atoms with E-state index in [4.69, 9.17) is 4.74 Å². The smallest absolute Gasteiger partial charge is 0.306 e. The summed E-state index contributed by atoms with van der Waals surface area (Å²) in [5, 5.41) is 0. The summed E-state index contributed by atoms with van der Waals surface area (Å²) in [5.74, 6) is 0.277. The number of ether oxygens (including phenoxy) is 1. The van der Waals surface area contributed by atoms with Gasteiger partial charge in [0, 0.05) is 5.41 Å². The first-order valence-electron chi connectivity index (χ1n) is 5.10. The van der Waals surface area contributed by atoms with Crippen molar-refractivity contribution in [2.75, 3.05) is 6.61 Å². The maximum Gasteiger partial charge on any atom is 0.306 e. The van der Waals surface area contributed by atoms with Crippen molar-refractivity contribution in [3.63, 3.8) is 0 Å². The van der Waals surface area contributed by atoms with Gasteiger partial charge in [0.1, 0.15) is 0 Å². The summed E-state index contributed by atoms with van der Waals surface area (Å²) in [6.07, 6.45) is 8.70. The minimum absolute atomic E-state index is 0.0823. The number of hydrogen-bond acceptors (Lipinski definition) is 2. The van der Waals surface area contributed by atoms with Crippen LogP contribution in [0.5, 0.6) is 0 Å².